The Morgan fingerprint density at radius 3 is 2.70 bits per heavy atom. The molecule has 1 amide bonds. The van der Waals surface area contributed by atoms with Gasteiger partial charge in [0.25, 0.3) is 6.43 Å². The molecule has 0 bridgehead atoms. The summed E-state index contributed by atoms with van der Waals surface area (Å²) in [5.41, 5.74) is 0. The molecule has 2 aliphatic rings. The summed E-state index contributed by atoms with van der Waals surface area (Å²) in [6.45, 7) is 4.42. The molecular weight excluding hydrogens is 288 g/mol. The Hall–Kier alpha value is -0.460. The van der Waals surface area contributed by atoms with Crippen LogP contribution in [0.25, 0.3) is 0 Å². The highest BCUT2D eigenvalue weighted by Gasteiger charge is 2.33. The van der Waals surface area contributed by atoms with Crippen LogP contribution in [0, 0.1) is 0 Å². The molecule has 7 heteroatoms. The summed E-state index contributed by atoms with van der Waals surface area (Å²) in [5.74, 6) is 0.146. The molecule has 2 atom stereocenters. The van der Waals surface area contributed by atoms with Crippen LogP contribution in [-0.2, 0) is 4.79 Å². The first kappa shape index (κ1) is 17.6. The van der Waals surface area contributed by atoms with Crippen LogP contribution in [-0.4, -0.2) is 66.9 Å². The standard InChI is InChI=1S/C13H23F2N3O.ClH/c1-2-10-8-18(7-6-17(10)9-12(14)15)13(19)11-4-3-5-16-11;/h10-12,16H,2-9H2,1H3;1H. The Labute approximate surface area is 125 Å². The van der Waals surface area contributed by atoms with Crippen molar-refractivity contribution in [1.29, 1.82) is 0 Å². The van der Waals surface area contributed by atoms with Crippen molar-refractivity contribution in [2.75, 3.05) is 32.7 Å². The van der Waals surface area contributed by atoms with Crippen LogP contribution < -0.4 is 5.32 Å². The van der Waals surface area contributed by atoms with E-state index in [1.165, 1.54) is 0 Å². The van der Waals surface area contributed by atoms with Crippen molar-refractivity contribution in [3.05, 3.63) is 0 Å². The van der Waals surface area contributed by atoms with Crippen LogP contribution in [0.3, 0.4) is 0 Å². The van der Waals surface area contributed by atoms with Gasteiger partial charge in [0, 0.05) is 25.7 Å². The normalized spacial score (nSPS) is 27.7. The van der Waals surface area contributed by atoms with Gasteiger partial charge in [0.1, 0.15) is 0 Å². The van der Waals surface area contributed by atoms with Crippen molar-refractivity contribution >= 4 is 18.3 Å². The first-order valence-electron chi connectivity index (χ1n) is 7.16. The van der Waals surface area contributed by atoms with Gasteiger partial charge in [-0.25, -0.2) is 8.78 Å². The van der Waals surface area contributed by atoms with Crippen molar-refractivity contribution in [1.82, 2.24) is 15.1 Å². The van der Waals surface area contributed by atoms with E-state index in [1.54, 1.807) is 0 Å². The highest BCUT2D eigenvalue weighted by molar-refractivity contribution is 5.85. The number of alkyl halides is 2. The molecule has 0 spiro atoms. The van der Waals surface area contributed by atoms with Gasteiger partial charge in [-0.2, -0.15) is 0 Å². The molecule has 2 rings (SSSR count). The molecule has 0 aromatic heterocycles. The van der Waals surface area contributed by atoms with Crippen molar-refractivity contribution in [3.8, 4) is 0 Å². The molecule has 4 nitrogen and oxygen atoms in total. The van der Waals surface area contributed by atoms with E-state index in [1.807, 2.05) is 16.7 Å². The van der Waals surface area contributed by atoms with Crippen LogP contribution in [0.15, 0.2) is 0 Å². The molecule has 0 aromatic carbocycles. The molecule has 118 valence electrons. The number of amides is 1. The topological polar surface area (TPSA) is 35.6 Å². The minimum atomic E-state index is -2.30. The third-order valence-electron chi connectivity index (χ3n) is 4.12. The molecule has 2 unspecified atom stereocenters. The summed E-state index contributed by atoms with van der Waals surface area (Å²) in [4.78, 5) is 15.9. The third kappa shape index (κ3) is 4.27. The zero-order chi connectivity index (χ0) is 13.8. The second-order valence-electron chi connectivity index (χ2n) is 5.38. The molecule has 20 heavy (non-hydrogen) atoms. The van der Waals surface area contributed by atoms with Crippen LogP contribution >= 0.6 is 12.4 Å². The molecule has 2 heterocycles. The van der Waals surface area contributed by atoms with E-state index in [9.17, 15) is 13.6 Å². The van der Waals surface area contributed by atoms with E-state index in [0.717, 1.165) is 25.8 Å². The monoisotopic (exact) mass is 311 g/mol. The van der Waals surface area contributed by atoms with E-state index < -0.39 is 6.43 Å². The minimum Gasteiger partial charge on any atom is -0.338 e. The average Bonchev–Trinajstić information content (AvgIpc) is 2.91. The van der Waals surface area contributed by atoms with E-state index in [4.69, 9.17) is 0 Å². The van der Waals surface area contributed by atoms with Crippen molar-refractivity contribution in [2.45, 2.75) is 44.7 Å². The lowest BCUT2D eigenvalue weighted by molar-refractivity contribution is -0.136. The van der Waals surface area contributed by atoms with Gasteiger partial charge in [0.2, 0.25) is 5.91 Å². The van der Waals surface area contributed by atoms with Gasteiger partial charge in [-0.3, -0.25) is 9.69 Å². The maximum absolute atomic E-state index is 12.5. The second-order valence-corrected chi connectivity index (χ2v) is 5.38. The van der Waals surface area contributed by atoms with Gasteiger partial charge in [-0.15, -0.1) is 12.4 Å². The van der Waals surface area contributed by atoms with Gasteiger partial charge in [0.15, 0.2) is 0 Å². The number of nitrogens with zero attached hydrogens (tertiary/aromatic N) is 2. The summed E-state index contributed by atoms with van der Waals surface area (Å²) in [5, 5.41) is 3.21. The van der Waals surface area contributed by atoms with Gasteiger partial charge in [-0.1, -0.05) is 6.92 Å². The Morgan fingerprint density at radius 2 is 2.15 bits per heavy atom. The van der Waals surface area contributed by atoms with Gasteiger partial charge in [0.05, 0.1) is 12.6 Å². The Bertz CT molecular complexity index is 314. The molecule has 0 radical (unpaired) electrons. The van der Waals surface area contributed by atoms with E-state index in [0.29, 0.717) is 19.6 Å². The van der Waals surface area contributed by atoms with Crippen LogP contribution in [0.4, 0.5) is 8.78 Å². The summed E-state index contributed by atoms with van der Waals surface area (Å²) in [6.07, 6.45) is 0.438. The minimum absolute atomic E-state index is 0. The van der Waals surface area contributed by atoms with Gasteiger partial charge < -0.3 is 10.2 Å². The van der Waals surface area contributed by atoms with Crippen LogP contribution in [0.2, 0.25) is 0 Å². The summed E-state index contributed by atoms with van der Waals surface area (Å²) in [7, 11) is 0. The number of carbonyl (C=O) groups excluding carboxylic acids is 1. The number of rotatable bonds is 4. The smallest absolute Gasteiger partial charge is 0.251 e. The summed E-state index contributed by atoms with van der Waals surface area (Å²) in [6, 6.07) is 0.00672. The quantitative estimate of drug-likeness (QED) is 0.851. The summed E-state index contributed by atoms with van der Waals surface area (Å²) >= 11 is 0. The van der Waals surface area contributed by atoms with Crippen molar-refractivity contribution in [2.24, 2.45) is 0 Å². The lowest BCUT2D eigenvalue weighted by Gasteiger charge is -2.41. The summed E-state index contributed by atoms with van der Waals surface area (Å²) < 4.78 is 25.0. The zero-order valence-corrected chi connectivity index (χ0v) is 12.7. The number of carbonyl (C=O) groups is 1. The van der Waals surface area contributed by atoms with Gasteiger partial charge in [-0.05, 0) is 25.8 Å². The highest BCUT2D eigenvalue weighted by atomic mass is 35.5. The fourth-order valence-corrected chi connectivity index (χ4v) is 3.01. The first-order valence-corrected chi connectivity index (χ1v) is 7.16. The predicted octanol–water partition coefficient (Wildman–Crippen LogP) is 1.35. The lowest BCUT2D eigenvalue weighted by atomic mass is 10.1. The number of piperazine rings is 1. The van der Waals surface area contributed by atoms with Crippen LogP contribution in [0.5, 0.6) is 0 Å². The molecule has 2 aliphatic heterocycles. The molecule has 0 aliphatic carbocycles. The lowest BCUT2D eigenvalue weighted by Crippen LogP contribution is -2.58. The molecular formula is C13H24ClF2N3O. The molecule has 0 saturated carbocycles. The maximum atomic E-state index is 12.5. The fourth-order valence-electron chi connectivity index (χ4n) is 3.01. The van der Waals surface area contributed by atoms with Crippen molar-refractivity contribution < 1.29 is 13.6 Å². The van der Waals surface area contributed by atoms with Crippen LogP contribution in [0.1, 0.15) is 26.2 Å². The number of halogens is 3. The third-order valence-corrected chi connectivity index (χ3v) is 4.12. The first-order chi connectivity index (χ1) is 9.11. The highest BCUT2D eigenvalue weighted by Crippen LogP contribution is 2.17. The zero-order valence-electron chi connectivity index (χ0n) is 11.9. The number of hydrogen-bond acceptors (Lipinski definition) is 3. The number of nitrogens with one attached hydrogen (secondary N) is 1. The molecule has 2 fully saturated rings. The Morgan fingerprint density at radius 1 is 1.40 bits per heavy atom. The van der Waals surface area contributed by atoms with E-state index >= 15 is 0 Å². The second kappa shape index (κ2) is 8.10. The van der Waals surface area contributed by atoms with E-state index in [2.05, 4.69) is 5.32 Å². The molecule has 2 saturated heterocycles. The van der Waals surface area contributed by atoms with E-state index in [-0.39, 0.29) is 36.9 Å². The number of hydrogen-bond donors (Lipinski definition) is 1. The maximum Gasteiger partial charge on any atom is 0.251 e. The van der Waals surface area contributed by atoms with Crippen molar-refractivity contribution in [3.63, 3.8) is 0 Å². The van der Waals surface area contributed by atoms with Gasteiger partial charge >= 0.3 is 0 Å². The fraction of sp³-hybridized carbons (Fsp3) is 0.923. The average molecular weight is 312 g/mol. The predicted molar refractivity (Wildman–Crippen MR) is 76.5 cm³/mol. The Balaban J connectivity index is 0.00000200. The largest absolute Gasteiger partial charge is 0.338 e. The molecule has 0 aromatic rings. The molecule has 1 N–H and O–H groups in total. The SMILES string of the molecule is CCC1CN(C(=O)C2CCCN2)CCN1CC(F)F.Cl. The Kier molecular flexibility index (Phi) is 7.12.